The van der Waals surface area contributed by atoms with E-state index in [0.29, 0.717) is 5.92 Å². The number of hydrogen-bond donors (Lipinski definition) is 0. The Balaban J connectivity index is 2.80. The maximum Gasteiger partial charge on any atom is 0.302 e. The minimum Gasteiger partial charge on any atom is -0.462 e. The van der Waals surface area contributed by atoms with Crippen LogP contribution in [0.1, 0.15) is 61.3 Å². The van der Waals surface area contributed by atoms with E-state index in [-0.39, 0.29) is 22.9 Å². The van der Waals surface area contributed by atoms with E-state index in [0.717, 1.165) is 12.8 Å². The number of carbonyl (C=O) groups is 1. The molecule has 0 aromatic carbocycles. The predicted molar refractivity (Wildman–Crippen MR) is 84.4 cm³/mol. The van der Waals surface area contributed by atoms with Gasteiger partial charge in [-0.3, -0.25) is 4.79 Å². The summed E-state index contributed by atoms with van der Waals surface area (Å²) in [6.45, 7) is 14.6. The van der Waals surface area contributed by atoms with Gasteiger partial charge in [-0.15, -0.1) is 0 Å². The van der Waals surface area contributed by atoms with Gasteiger partial charge in [0.15, 0.2) is 0 Å². The fourth-order valence-electron chi connectivity index (χ4n) is 2.91. The monoisotopic (exact) mass is 278 g/mol. The number of allylic oxidation sites excluding steroid dienone is 3. The molecule has 0 radical (unpaired) electrons. The number of carbonyl (C=O) groups excluding carboxylic acids is 1. The zero-order valence-electron chi connectivity index (χ0n) is 14.1. The molecule has 0 aromatic heterocycles. The molecular weight excluding hydrogens is 248 g/mol. The molecule has 1 aliphatic rings. The van der Waals surface area contributed by atoms with Crippen molar-refractivity contribution in [3.8, 4) is 0 Å². The van der Waals surface area contributed by atoms with E-state index in [2.05, 4.69) is 59.8 Å². The van der Waals surface area contributed by atoms with Gasteiger partial charge in [-0.05, 0) is 31.1 Å². The second-order valence-electron chi connectivity index (χ2n) is 7.14. The lowest BCUT2D eigenvalue weighted by Gasteiger charge is -2.32. The second kappa shape index (κ2) is 6.15. The Kier molecular flexibility index (Phi) is 5.23. The first-order valence-corrected chi connectivity index (χ1v) is 7.65. The van der Waals surface area contributed by atoms with Crippen molar-refractivity contribution in [1.29, 1.82) is 0 Å². The van der Waals surface area contributed by atoms with Gasteiger partial charge < -0.3 is 4.74 Å². The van der Waals surface area contributed by atoms with Crippen molar-refractivity contribution in [3.63, 3.8) is 0 Å². The van der Waals surface area contributed by atoms with Crippen molar-refractivity contribution < 1.29 is 9.53 Å². The number of hydrogen-bond acceptors (Lipinski definition) is 2. The summed E-state index contributed by atoms with van der Waals surface area (Å²) in [5.74, 6) is 0.341. The minimum atomic E-state index is -0.197. The molecule has 0 amide bonds. The van der Waals surface area contributed by atoms with E-state index < -0.39 is 0 Å². The van der Waals surface area contributed by atoms with Gasteiger partial charge in [0.05, 0.1) is 0 Å². The van der Waals surface area contributed by atoms with Crippen LogP contribution < -0.4 is 0 Å². The normalized spacial score (nSPS) is 23.8. The smallest absolute Gasteiger partial charge is 0.302 e. The van der Waals surface area contributed by atoms with Crippen molar-refractivity contribution >= 4 is 5.97 Å². The zero-order valence-corrected chi connectivity index (χ0v) is 14.1. The third-order valence-electron chi connectivity index (χ3n) is 4.89. The van der Waals surface area contributed by atoms with Gasteiger partial charge in [-0.1, -0.05) is 58.4 Å². The highest BCUT2D eigenvalue weighted by Gasteiger charge is 2.34. The van der Waals surface area contributed by atoms with Crippen LogP contribution in [0.3, 0.4) is 0 Å². The molecule has 114 valence electrons. The van der Waals surface area contributed by atoms with Crippen LogP contribution >= 0.6 is 0 Å². The Hall–Kier alpha value is -1.05. The molecule has 0 aromatic rings. The van der Waals surface area contributed by atoms with Crippen LogP contribution in [0.2, 0.25) is 0 Å². The molecule has 0 unspecified atom stereocenters. The molecule has 2 nitrogen and oxygen atoms in total. The predicted octanol–water partition coefficient (Wildman–Crippen LogP) is 4.90. The molecule has 0 saturated carbocycles. The maximum atomic E-state index is 11.2. The summed E-state index contributed by atoms with van der Waals surface area (Å²) >= 11 is 0. The molecular formula is C18H30O2. The molecule has 0 saturated heterocycles. The second-order valence-corrected chi connectivity index (χ2v) is 7.14. The van der Waals surface area contributed by atoms with Crippen LogP contribution in [-0.4, -0.2) is 12.1 Å². The van der Waals surface area contributed by atoms with Crippen LogP contribution in [-0.2, 0) is 9.53 Å². The van der Waals surface area contributed by atoms with E-state index in [1.54, 1.807) is 0 Å². The van der Waals surface area contributed by atoms with Crippen molar-refractivity contribution in [2.24, 2.45) is 16.7 Å². The van der Waals surface area contributed by atoms with Crippen LogP contribution in [0.15, 0.2) is 23.8 Å². The summed E-state index contributed by atoms with van der Waals surface area (Å²) in [5.41, 5.74) is 1.57. The molecule has 0 spiro atoms. The minimum absolute atomic E-state index is 0.0604. The standard InChI is InChI=1S/C18H30O2/c1-8-16(20-14(3)19)17(4,5)12-11-15-10-9-13(2)18(15,6)7/h9,11-12,15-16H,8,10H2,1-7H3/b12-11+/t15-,16-/m0/s1. The summed E-state index contributed by atoms with van der Waals surface area (Å²) < 4.78 is 5.45. The van der Waals surface area contributed by atoms with Gasteiger partial charge in [-0.25, -0.2) is 0 Å². The summed E-state index contributed by atoms with van der Waals surface area (Å²) in [5, 5.41) is 0. The fourth-order valence-corrected chi connectivity index (χ4v) is 2.91. The van der Waals surface area contributed by atoms with Gasteiger partial charge in [0.1, 0.15) is 6.10 Å². The number of ether oxygens (including phenoxy) is 1. The van der Waals surface area contributed by atoms with Crippen LogP contribution in [0, 0.1) is 16.7 Å². The highest BCUT2D eigenvalue weighted by atomic mass is 16.5. The highest BCUT2D eigenvalue weighted by molar-refractivity contribution is 5.66. The summed E-state index contributed by atoms with van der Waals surface area (Å²) in [6, 6.07) is 0. The third-order valence-corrected chi connectivity index (χ3v) is 4.89. The molecule has 20 heavy (non-hydrogen) atoms. The lowest BCUT2D eigenvalue weighted by atomic mass is 9.75. The van der Waals surface area contributed by atoms with Crippen LogP contribution in [0.5, 0.6) is 0 Å². The zero-order chi connectivity index (χ0) is 15.6. The van der Waals surface area contributed by atoms with Gasteiger partial charge in [0.2, 0.25) is 0 Å². The van der Waals surface area contributed by atoms with Gasteiger partial charge in [-0.2, -0.15) is 0 Å². The summed E-state index contributed by atoms with van der Waals surface area (Å²) in [4.78, 5) is 11.2. The average molecular weight is 278 g/mol. The largest absolute Gasteiger partial charge is 0.462 e. The first kappa shape index (κ1) is 17.0. The molecule has 1 rings (SSSR count). The molecule has 2 heteroatoms. The van der Waals surface area contributed by atoms with E-state index in [9.17, 15) is 4.79 Å². The summed E-state index contributed by atoms with van der Waals surface area (Å²) in [7, 11) is 0. The first-order valence-electron chi connectivity index (χ1n) is 7.65. The van der Waals surface area contributed by atoms with Crippen molar-refractivity contribution in [3.05, 3.63) is 23.8 Å². The topological polar surface area (TPSA) is 26.3 Å². The summed E-state index contributed by atoms with van der Waals surface area (Å²) in [6.07, 6.45) is 8.78. The molecule has 0 N–H and O–H groups in total. The SMILES string of the molecule is CC[C@H](OC(C)=O)C(C)(C)/C=C/[C@@H]1CC=C(C)C1(C)C. The first-order chi connectivity index (χ1) is 9.11. The van der Waals surface area contributed by atoms with Gasteiger partial charge in [0.25, 0.3) is 0 Å². The van der Waals surface area contributed by atoms with Crippen molar-refractivity contribution in [2.75, 3.05) is 0 Å². The maximum absolute atomic E-state index is 11.2. The third kappa shape index (κ3) is 3.74. The molecule has 0 fully saturated rings. The molecule has 0 heterocycles. The molecule has 1 aliphatic carbocycles. The van der Waals surface area contributed by atoms with Crippen LogP contribution in [0.4, 0.5) is 0 Å². The Morgan fingerprint density at radius 1 is 1.55 bits per heavy atom. The highest BCUT2D eigenvalue weighted by Crippen LogP contribution is 2.44. The van der Waals surface area contributed by atoms with Crippen molar-refractivity contribution in [1.82, 2.24) is 0 Å². The lowest BCUT2D eigenvalue weighted by molar-refractivity contribution is -0.151. The Morgan fingerprint density at radius 2 is 2.15 bits per heavy atom. The van der Waals surface area contributed by atoms with E-state index in [4.69, 9.17) is 4.74 Å². The molecule has 2 atom stereocenters. The molecule has 0 aliphatic heterocycles. The van der Waals surface area contributed by atoms with Crippen molar-refractivity contribution in [2.45, 2.75) is 67.4 Å². The Labute approximate surface area is 124 Å². The Morgan fingerprint density at radius 3 is 2.55 bits per heavy atom. The van der Waals surface area contributed by atoms with E-state index in [1.165, 1.54) is 12.5 Å². The van der Waals surface area contributed by atoms with E-state index in [1.807, 2.05) is 0 Å². The van der Waals surface area contributed by atoms with Crippen LogP contribution in [0.25, 0.3) is 0 Å². The quantitative estimate of drug-likeness (QED) is 0.528. The molecule has 0 bridgehead atoms. The van der Waals surface area contributed by atoms with Gasteiger partial charge in [0, 0.05) is 12.3 Å². The van der Waals surface area contributed by atoms with Gasteiger partial charge >= 0.3 is 5.97 Å². The number of rotatable bonds is 5. The van der Waals surface area contributed by atoms with E-state index >= 15 is 0 Å². The average Bonchev–Trinajstić information content (AvgIpc) is 2.58. The number of esters is 1. The lowest BCUT2D eigenvalue weighted by Crippen LogP contribution is -2.31. The fraction of sp³-hybridized carbons (Fsp3) is 0.722. The Bertz CT molecular complexity index is 413.